The minimum atomic E-state index is -1.45. The lowest BCUT2D eigenvalue weighted by atomic mass is 9.87. The Hall–Kier alpha value is -4.89. The first-order chi connectivity index (χ1) is 23.8. The van der Waals surface area contributed by atoms with Crippen molar-refractivity contribution in [3.8, 4) is 0 Å². The van der Waals surface area contributed by atoms with Crippen molar-refractivity contribution in [1.29, 1.82) is 0 Å². The maximum atomic E-state index is 13.5. The molecule has 0 bridgehead atoms. The number of carbonyl (C=O) groups is 3. The summed E-state index contributed by atoms with van der Waals surface area (Å²) in [4.78, 5) is 44.1. The standard InChI is InChI=1S/C40H48N6O3/c1-40(38(41)48,34-19-10-15-29-12-8-9-18-33(29)34)44-39(49)43-31-21-22-36(46-26-24-45(25-27-46)32-16-6-3-7-17-32)35(28-31)42-23-11-20-37(47)30-13-4-2-5-14-30/h2,4-5,8-10,12-15,18-19,21-22,28,32,42H,3,6-7,11,16-17,20,23-27H2,1H3,(H2,41,48)(H2,43,44,49). The van der Waals surface area contributed by atoms with Crippen molar-refractivity contribution in [2.75, 3.05) is 48.3 Å². The number of anilines is 3. The van der Waals surface area contributed by atoms with Crippen LogP contribution in [0.15, 0.2) is 91.0 Å². The summed E-state index contributed by atoms with van der Waals surface area (Å²) in [5.74, 6) is -0.536. The third-order valence-corrected chi connectivity index (χ3v) is 10.2. The molecule has 3 amide bonds. The van der Waals surface area contributed by atoms with Gasteiger partial charge in [-0.05, 0) is 60.7 Å². The Morgan fingerprint density at radius 2 is 1.55 bits per heavy atom. The third kappa shape index (κ3) is 8.05. The number of hydrogen-bond acceptors (Lipinski definition) is 6. The number of piperazine rings is 1. The van der Waals surface area contributed by atoms with E-state index in [0.717, 1.165) is 53.9 Å². The van der Waals surface area contributed by atoms with Crippen LogP contribution in [0, 0.1) is 0 Å². The number of nitrogens with one attached hydrogen (secondary N) is 3. The Morgan fingerprint density at radius 3 is 2.31 bits per heavy atom. The van der Waals surface area contributed by atoms with E-state index in [1.807, 2.05) is 91.0 Å². The molecule has 9 heteroatoms. The van der Waals surface area contributed by atoms with Gasteiger partial charge in [-0.3, -0.25) is 14.5 Å². The zero-order valence-corrected chi connectivity index (χ0v) is 28.4. The van der Waals surface area contributed by atoms with E-state index in [1.165, 1.54) is 32.1 Å². The molecule has 1 saturated heterocycles. The number of benzene rings is 4. The van der Waals surface area contributed by atoms with Crippen LogP contribution in [0.1, 0.15) is 67.8 Å². The molecule has 2 aliphatic rings. The first-order valence-corrected chi connectivity index (χ1v) is 17.6. The topological polar surface area (TPSA) is 120 Å². The molecular weight excluding hydrogens is 612 g/mol. The molecule has 1 saturated carbocycles. The predicted octanol–water partition coefficient (Wildman–Crippen LogP) is 6.89. The quantitative estimate of drug-likeness (QED) is 0.0971. The summed E-state index contributed by atoms with van der Waals surface area (Å²) in [5, 5.41) is 11.2. The second kappa shape index (κ2) is 15.6. The van der Waals surface area contributed by atoms with Crippen LogP contribution in [-0.4, -0.2) is 61.4 Å². The first kappa shape index (κ1) is 34.0. The van der Waals surface area contributed by atoms with Crippen LogP contribution < -0.4 is 26.6 Å². The van der Waals surface area contributed by atoms with Gasteiger partial charge in [-0.25, -0.2) is 4.79 Å². The summed E-state index contributed by atoms with van der Waals surface area (Å²) in [6, 6.07) is 28.8. The number of urea groups is 1. The van der Waals surface area contributed by atoms with Crippen LogP contribution in [0.4, 0.5) is 21.9 Å². The van der Waals surface area contributed by atoms with E-state index >= 15 is 0 Å². The fourth-order valence-corrected chi connectivity index (χ4v) is 7.36. The lowest BCUT2D eigenvalue weighted by Gasteiger charge is -2.42. The van der Waals surface area contributed by atoms with Gasteiger partial charge in [0.1, 0.15) is 5.54 Å². The number of amides is 3. The number of nitrogens with zero attached hydrogens (tertiary/aromatic N) is 2. The van der Waals surface area contributed by atoms with Crippen LogP contribution in [0.5, 0.6) is 0 Å². The molecule has 9 nitrogen and oxygen atoms in total. The van der Waals surface area contributed by atoms with Gasteiger partial charge in [0.15, 0.2) is 5.78 Å². The highest BCUT2D eigenvalue weighted by Crippen LogP contribution is 2.33. The SMILES string of the molecule is CC(NC(=O)Nc1ccc(N2CCN(C3CCCCC3)CC2)c(NCCCC(=O)c2ccccc2)c1)(C(N)=O)c1cccc2ccccc12. The Balaban J connectivity index is 1.17. The van der Waals surface area contributed by atoms with E-state index in [0.29, 0.717) is 36.7 Å². The average molecular weight is 661 g/mol. The summed E-state index contributed by atoms with van der Waals surface area (Å²) in [7, 11) is 0. The second-order valence-corrected chi connectivity index (χ2v) is 13.5. The molecule has 0 spiro atoms. The molecule has 1 heterocycles. The van der Waals surface area contributed by atoms with Crippen LogP contribution in [0.2, 0.25) is 0 Å². The molecule has 1 aliphatic heterocycles. The number of nitrogens with two attached hydrogens (primary N) is 1. The van der Waals surface area contributed by atoms with Gasteiger partial charge in [-0.1, -0.05) is 92.1 Å². The minimum Gasteiger partial charge on any atom is -0.383 e. The molecule has 1 atom stereocenters. The number of Topliss-reactive ketones (excluding diaryl/α,β-unsaturated/α-hetero) is 1. The summed E-state index contributed by atoms with van der Waals surface area (Å²) in [5.41, 5.74) is 8.37. The van der Waals surface area contributed by atoms with Crippen molar-refractivity contribution >= 4 is 45.6 Å². The molecule has 1 unspecified atom stereocenters. The van der Waals surface area contributed by atoms with E-state index in [9.17, 15) is 14.4 Å². The van der Waals surface area contributed by atoms with E-state index in [4.69, 9.17) is 5.73 Å². The first-order valence-electron chi connectivity index (χ1n) is 17.6. The van der Waals surface area contributed by atoms with Crippen LogP contribution in [0.25, 0.3) is 10.8 Å². The van der Waals surface area contributed by atoms with Crippen LogP contribution in [0.3, 0.4) is 0 Å². The smallest absolute Gasteiger partial charge is 0.320 e. The monoisotopic (exact) mass is 660 g/mol. The molecule has 0 aromatic heterocycles. The zero-order chi connectivity index (χ0) is 34.2. The Kier molecular flexibility index (Phi) is 10.8. The zero-order valence-electron chi connectivity index (χ0n) is 28.4. The molecule has 1 aliphatic carbocycles. The largest absolute Gasteiger partial charge is 0.383 e. The number of hydrogen-bond donors (Lipinski definition) is 4. The average Bonchev–Trinajstić information content (AvgIpc) is 3.14. The number of ketones is 1. The lowest BCUT2D eigenvalue weighted by Crippen LogP contribution is -2.54. The molecule has 6 rings (SSSR count). The highest BCUT2D eigenvalue weighted by atomic mass is 16.2. The van der Waals surface area contributed by atoms with Crippen LogP contribution in [-0.2, 0) is 10.3 Å². The normalized spacial score (nSPS) is 16.9. The van der Waals surface area contributed by atoms with Gasteiger partial charge in [0.2, 0.25) is 5.91 Å². The summed E-state index contributed by atoms with van der Waals surface area (Å²) in [6.45, 7) is 6.14. The highest BCUT2D eigenvalue weighted by Gasteiger charge is 2.36. The Bertz CT molecular complexity index is 1760. The van der Waals surface area contributed by atoms with Crippen molar-refractivity contribution < 1.29 is 14.4 Å². The molecule has 2 fully saturated rings. The van der Waals surface area contributed by atoms with E-state index in [-0.39, 0.29) is 5.78 Å². The van der Waals surface area contributed by atoms with Crippen molar-refractivity contribution in [3.05, 3.63) is 102 Å². The van der Waals surface area contributed by atoms with E-state index < -0.39 is 17.5 Å². The fourth-order valence-electron chi connectivity index (χ4n) is 7.36. The van der Waals surface area contributed by atoms with Gasteiger partial charge in [-0.15, -0.1) is 0 Å². The number of primary amides is 1. The molecular formula is C40H48N6O3. The van der Waals surface area contributed by atoms with Crippen molar-refractivity contribution in [2.24, 2.45) is 5.73 Å². The van der Waals surface area contributed by atoms with E-state index in [2.05, 4.69) is 25.8 Å². The molecule has 4 aromatic rings. The third-order valence-electron chi connectivity index (χ3n) is 10.2. The molecule has 0 radical (unpaired) electrons. The molecule has 4 aromatic carbocycles. The summed E-state index contributed by atoms with van der Waals surface area (Å²) in [6.07, 6.45) is 7.71. The van der Waals surface area contributed by atoms with Gasteiger partial charge >= 0.3 is 6.03 Å². The van der Waals surface area contributed by atoms with Gasteiger partial charge in [0, 0.05) is 56.4 Å². The number of carbonyl (C=O) groups excluding carboxylic acids is 3. The maximum Gasteiger partial charge on any atom is 0.320 e. The van der Waals surface area contributed by atoms with E-state index in [1.54, 1.807) is 6.92 Å². The molecule has 49 heavy (non-hydrogen) atoms. The van der Waals surface area contributed by atoms with Crippen molar-refractivity contribution in [3.63, 3.8) is 0 Å². The van der Waals surface area contributed by atoms with Crippen molar-refractivity contribution in [2.45, 2.75) is 63.5 Å². The van der Waals surface area contributed by atoms with Crippen LogP contribution >= 0.6 is 0 Å². The van der Waals surface area contributed by atoms with Gasteiger partial charge in [0.05, 0.1) is 11.4 Å². The van der Waals surface area contributed by atoms with Gasteiger partial charge in [0.25, 0.3) is 0 Å². The Labute approximate surface area is 289 Å². The predicted molar refractivity (Wildman–Crippen MR) is 198 cm³/mol. The summed E-state index contributed by atoms with van der Waals surface area (Å²) < 4.78 is 0. The molecule has 256 valence electrons. The highest BCUT2D eigenvalue weighted by molar-refractivity contribution is 6.00. The van der Waals surface area contributed by atoms with Gasteiger partial charge < -0.3 is 26.6 Å². The number of rotatable bonds is 12. The molecule has 5 N–H and O–H groups in total. The maximum absolute atomic E-state index is 13.5. The Morgan fingerprint density at radius 1 is 0.837 bits per heavy atom. The lowest BCUT2D eigenvalue weighted by molar-refractivity contribution is -0.123. The van der Waals surface area contributed by atoms with Gasteiger partial charge in [-0.2, -0.15) is 0 Å². The second-order valence-electron chi connectivity index (χ2n) is 13.5. The summed E-state index contributed by atoms with van der Waals surface area (Å²) >= 11 is 0. The fraction of sp³-hybridized carbons (Fsp3) is 0.375. The van der Waals surface area contributed by atoms with Crippen molar-refractivity contribution in [1.82, 2.24) is 10.2 Å². The number of fused-ring (bicyclic) bond motifs is 1. The minimum absolute atomic E-state index is 0.122.